The predicted octanol–water partition coefficient (Wildman–Crippen LogP) is 2.69. The zero-order chi connectivity index (χ0) is 15.2. The number of nitrogens with two attached hydrogens (primary N) is 1. The van der Waals surface area contributed by atoms with Crippen molar-refractivity contribution >= 4 is 29.2 Å². The highest BCUT2D eigenvalue weighted by molar-refractivity contribution is 7.99. The molecule has 1 amide bonds. The first-order chi connectivity index (χ1) is 10.1. The molecule has 1 heterocycles. The van der Waals surface area contributed by atoms with Crippen molar-refractivity contribution in [2.45, 2.75) is 18.2 Å². The molecule has 0 aliphatic heterocycles. The normalized spacial score (nSPS) is 10.4. The molecule has 2 aromatic rings. The van der Waals surface area contributed by atoms with Gasteiger partial charge in [0.1, 0.15) is 11.5 Å². The van der Waals surface area contributed by atoms with Crippen molar-refractivity contribution in [3.8, 4) is 5.75 Å². The van der Waals surface area contributed by atoms with Crippen molar-refractivity contribution in [1.29, 1.82) is 0 Å². The molecule has 0 unspecified atom stereocenters. The number of hydrogen-bond donors (Lipinski definition) is 2. The van der Waals surface area contributed by atoms with Crippen LogP contribution in [0, 0.1) is 6.92 Å². The Kier molecular flexibility index (Phi) is 5.10. The summed E-state index contributed by atoms with van der Waals surface area (Å²) in [4.78, 5) is 12.7. The number of thioether (sulfide) groups is 1. The van der Waals surface area contributed by atoms with Gasteiger partial charge < -0.3 is 20.3 Å². The highest BCUT2D eigenvalue weighted by Gasteiger charge is 2.08. The van der Waals surface area contributed by atoms with Gasteiger partial charge in [-0.25, -0.2) is 0 Å². The zero-order valence-electron chi connectivity index (χ0n) is 11.9. The van der Waals surface area contributed by atoms with Gasteiger partial charge in [0.05, 0.1) is 7.11 Å². The lowest BCUT2D eigenvalue weighted by molar-refractivity contribution is -0.115. The molecule has 21 heavy (non-hydrogen) atoms. The molecule has 1 aromatic heterocycles. The number of methoxy groups -OCH3 is 1. The number of rotatable bonds is 6. The van der Waals surface area contributed by atoms with E-state index in [4.69, 9.17) is 15.0 Å². The van der Waals surface area contributed by atoms with Crippen molar-refractivity contribution in [3.63, 3.8) is 0 Å². The molecule has 0 atom stereocenters. The highest BCUT2D eigenvalue weighted by Crippen LogP contribution is 2.31. The number of amides is 1. The summed E-state index contributed by atoms with van der Waals surface area (Å²) in [6.45, 7) is 1.77. The Bertz CT molecular complexity index is 628. The third-order valence-electron chi connectivity index (χ3n) is 2.67. The molecule has 112 valence electrons. The summed E-state index contributed by atoms with van der Waals surface area (Å²) >= 11 is 1.54. The maximum atomic E-state index is 11.8. The van der Waals surface area contributed by atoms with E-state index in [1.807, 2.05) is 12.1 Å². The van der Waals surface area contributed by atoms with Crippen LogP contribution in [-0.4, -0.2) is 23.9 Å². The van der Waals surface area contributed by atoms with E-state index in [0.29, 0.717) is 35.2 Å². The standard InChI is InChI=1S/C14H17N3O3S/c1-9-7-13(17-20-9)16-14(18)5-6-21-12-4-3-10(15)8-11(12)19-2/h3-4,7-8H,5-6,15H2,1-2H3,(H,16,17,18). The molecule has 0 bridgehead atoms. The topological polar surface area (TPSA) is 90.4 Å². The lowest BCUT2D eigenvalue weighted by Crippen LogP contribution is -2.12. The van der Waals surface area contributed by atoms with Gasteiger partial charge in [0.2, 0.25) is 5.91 Å². The Morgan fingerprint density at radius 1 is 1.48 bits per heavy atom. The fraction of sp³-hybridized carbons (Fsp3) is 0.286. The van der Waals surface area contributed by atoms with E-state index in [2.05, 4.69) is 10.5 Å². The molecular weight excluding hydrogens is 290 g/mol. The van der Waals surface area contributed by atoms with E-state index in [9.17, 15) is 4.79 Å². The average Bonchev–Trinajstić information content (AvgIpc) is 2.85. The fourth-order valence-corrected chi connectivity index (χ4v) is 2.64. The van der Waals surface area contributed by atoms with E-state index < -0.39 is 0 Å². The Hall–Kier alpha value is -2.15. The minimum Gasteiger partial charge on any atom is -0.496 e. The van der Waals surface area contributed by atoms with Crippen LogP contribution in [0.25, 0.3) is 0 Å². The molecule has 0 aliphatic carbocycles. The molecule has 1 aromatic carbocycles. The zero-order valence-corrected chi connectivity index (χ0v) is 12.7. The number of carbonyl (C=O) groups is 1. The van der Waals surface area contributed by atoms with Crippen LogP contribution in [0.2, 0.25) is 0 Å². The van der Waals surface area contributed by atoms with Crippen LogP contribution in [0.4, 0.5) is 11.5 Å². The van der Waals surface area contributed by atoms with Gasteiger partial charge in [-0.15, -0.1) is 11.8 Å². The van der Waals surface area contributed by atoms with Gasteiger partial charge in [0, 0.05) is 34.9 Å². The number of nitrogens with zero attached hydrogens (tertiary/aromatic N) is 1. The van der Waals surface area contributed by atoms with Gasteiger partial charge in [-0.05, 0) is 19.1 Å². The number of nitrogen functional groups attached to an aromatic ring is 1. The Morgan fingerprint density at radius 3 is 2.95 bits per heavy atom. The van der Waals surface area contributed by atoms with Crippen molar-refractivity contribution < 1.29 is 14.1 Å². The molecule has 3 N–H and O–H groups in total. The number of benzene rings is 1. The summed E-state index contributed by atoms with van der Waals surface area (Å²) in [6.07, 6.45) is 0.365. The quantitative estimate of drug-likeness (QED) is 0.630. The maximum absolute atomic E-state index is 11.8. The third-order valence-corrected chi connectivity index (χ3v) is 3.73. The Labute approximate surface area is 127 Å². The van der Waals surface area contributed by atoms with Gasteiger partial charge in [-0.2, -0.15) is 0 Å². The first kappa shape index (κ1) is 15.2. The van der Waals surface area contributed by atoms with Crippen molar-refractivity contribution in [3.05, 3.63) is 30.0 Å². The third kappa shape index (κ3) is 4.42. The smallest absolute Gasteiger partial charge is 0.226 e. The molecule has 7 heteroatoms. The van der Waals surface area contributed by atoms with Crippen LogP contribution < -0.4 is 15.8 Å². The molecule has 0 aliphatic rings. The van der Waals surface area contributed by atoms with Crippen molar-refractivity contribution in [2.75, 3.05) is 23.9 Å². The van der Waals surface area contributed by atoms with Crippen LogP contribution in [0.1, 0.15) is 12.2 Å². The largest absolute Gasteiger partial charge is 0.496 e. The number of carbonyl (C=O) groups excluding carboxylic acids is 1. The summed E-state index contributed by atoms with van der Waals surface area (Å²) in [7, 11) is 1.60. The molecule has 0 saturated carbocycles. The van der Waals surface area contributed by atoms with Crippen LogP contribution in [0.5, 0.6) is 5.75 Å². The molecule has 0 fully saturated rings. The molecule has 0 saturated heterocycles. The second-order valence-electron chi connectivity index (χ2n) is 4.38. The van der Waals surface area contributed by atoms with Gasteiger partial charge in [0.25, 0.3) is 0 Å². The van der Waals surface area contributed by atoms with E-state index in [1.165, 1.54) is 11.8 Å². The van der Waals surface area contributed by atoms with Crippen LogP contribution in [-0.2, 0) is 4.79 Å². The van der Waals surface area contributed by atoms with Crippen LogP contribution in [0.3, 0.4) is 0 Å². The SMILES string of the molecule is COc1cc(N)ccc1SCCC(=O)Nc1cc(C)on1. The van der Waals surface area contributed by atoms with Gasteiger partial charge in [-0.3, -0.25) is 4.79 Å². The molecular formula is C14H17N3O3S. The molecule has 6 nitrogen and oxygen atoms in total. The Balaban J connectivity index is 1.82. The number of ether oxygens (including phenoxy) is 1. The minimum absolute atomic E-state index is 0.106. The summed E-state index contributed by atoms with van der Waals surface area (Å²) in [6, 6.07) is 7.13. The number of aromatic nitrogens is 1. The maximum Gasteiger partial charge on any atom is 0.226 e. The predicted molar refractivity (Wildman–Crippen MR) is 82.6 cm³/mol. The van der Waals surface area contributed by atoms with Crippen LogP contribution in [0.15, 0.2) is 33.7 Å². The minimum atomic E-state index is -0.106. The van der Waals surface area contributed by atoms with Gasteiger partial charge in [-0.1, -0.05) is 5.16 Å². The monoisotopic (exact) mass is 307 g/mol. The van der Waals surface area contributed by atoms with E-state index in [-0.39, 0.29) is 5.91 Å². The second kappa shape index (κ2) is 7.03. The molecule has 0 spiro atoms. The summed E-state index contributed by atoms with van der Waals surface area (Å²) < 4.78 is 10.1. The molecule has 0 radical (unpaired) electrons. The number of hydrogen-bond acceptors (Lipinski definition) is 6. The summed E-state index contributed by atoms with van der Waals surface area (Å²) in [5.41, 5.74) is 6.35. The fourth-order valence-electron chi connectivity index (χ4n) is 1.69. The van der Waals surface area contributed by atoms with Gasteiger partial charge in [0.15, 0.2) is 5.82 Å². The number of aryl methyl sites for hydroxylation is 1. The number of anilines is 2. The second-order valence-corrected chi connectivity index (χ2v) is 5.52. The van der Waals surface area contributed by atoms with Crippen molar-refractivity contribution in [1.82, 2.24) is 5.16 Å². The highest BCUT2D eigenvalue weighted by atomic mass is 32.2. The van der Waals surface area contributed by atoms with E-state index >= 15 is 0 Å². The van der Waals surface area contributed by atoms with Crippen LogP contribution >= 0.6 is 11.8 Å². The number of nitrogens with one attached hydrogen (secondary N) is 1. The lowest BCUT2D eigenvalue weighted by atomic mass is 10.3. The van der Waals surface area contributed by atoms with E-state index in [0.717, 1.165) is 4.90 Å². The Morgan fingerprint density at radius 2 is 2.29 bits per heavy atom. The van der Waals surface area contributed by atoms with Crippen molar-refractivity contribution in [2.24, 2.45) is 0 Å². The van der Waals surface area contributed by atoms with E-state index in [1.54, 1.807) is 26.2 Å². The first-order valence-corrected chi connectivity index (χ1v) is 7.36. The van der Waals surface area contributed by atoms with Gasteiger partial charge >= 0.3 is 0 Å². The lowest BCUT2D eigenvalue weighted by Gasteiger charge is -2.08. The average molecular weight is 307 g/mol. The summed E-state index contributed by atoms with van der Waals surface area (Å²) in [5, 5.41) is 6.39. The summed E-state index contributed by atoms with van der Waals surface area (Å²) in [5.74, 6) is 2.33. The molecule has 2 rings (SSSR count). The first-order valence-electron chi connectivity index (χ1n) is 6.38.